The molecule has 0 aliphatic carbocycles. The largest absolute Gasteiger partial charge is 0.461 e. The summed E-state index contributed by atoms with van der Waals surface area (Å²) in [6.45, 7) is 4.07. The third kappa shape index (κ3) is 0.978. The van der Waals surface area contributed by atoms with Crippen LogP contribution in [-0.2, 0) is 0 Å². The Morgan fingerprint density at radius 3 is 3.08 bits per heavy atom. The van der Waals surface area contributed by atoms with E-state index in [0.717, 1.165) is 5.69 Å². The molecule has 0 fully saturated rings. The summed E-state index contributed by atoms with van der Waals surface area (Å²) in [5.74, 6) is 0.288. The molecule has 2 heterocycles. The van der Waals surface area contributed by atoms with Gasteiger partial charge in [-0.1, -0.05) is 13.8 Å². The number of nitrogens with zero attached hydrogens (tertiary/aromatic N) is 2. The Labute approximate surface area is 71.8 Å². The van der Waals surface area contributed by atoms with E-state index in [1.54, 1.807) is 6.07 Å². The molecule has 2 aromatic heterocycles. The molecule has 0 saturated heterocycles. The first kappa shape index (κ1) is 6.17. The van der Waals surface area contributed by atoms with E-state index in [1.807, 2.05) is 13.8 Å². The van der Waals surface area contributed by atoms with E-state index in [-0.39, 0.29) is 12.2 Å². The quantitative estimate of drug-likeness (QED) is 0.647. The number of hydrogen-bond donors (Lipinski definition) is 0. The van der Waals surface area contributed by atoms with Gasteiger partial charge in [0.2, 0.25) is 0 Å². The molecule has 3 heteroatoms. The van der Waals surface area contributed by atoms with Gasteiger partial charge in [0.05, 0.1) is 11.9 Å². The lowest BCUT2D eigenvalue weighted by atomic mass is 10.1. The van der Waals surface area contributed by atoms with Crippen LogP contribution in [0, 0.1) is 0 Å². The molecule has 3 nitrogen and oxygen atoms in total. The smallest absolute Gasteiger partial charge is 0.174 e. The fraction of sp³-hybridized carbons (Fsp3) is 0.333. The van der Waals surface area contributed by atoms with Crippen molar-refractivity contribution < 1.29 is 5.79 Å². The Bertz CT molecular complexity index is 436. The molecule has 0 radical (unpaired) electrons. The summed E-state index contributed by atoms with van der Waals surface area (Å²) in [6.07, 6.45) is 1.64. The maximum absolute atomic E-state index is 7.33. The van der Waals surface area contributed by atoms with E-state index < -0.39 is 0 Å². The number of aromatic nitrogens is 2. The van der Waals surface area contributed by atoms with Gasteiger partial charge in [-0.25, -0.2) is 9.97 Å². The zero-order valence-electron chi connectivity index (χ0n) is 8.03. The monoisotopic (exact) mass is 163 g/mol. The normalized spacial score (nSPS) is 12.4. The van der Waals surface area contributed by atoms with E-state index in [4.69, 9.17) is 5.79 Å². The Morgan fingerprint density at radius 1 is 1.50 bits per heavy atom. The molecular formula is C9H10N2O. The standard InChI is InChI=1S/C9H10N2O/c1-6(2)8-9-7(3-4-12-9)10-5-11-8/h3-6H,1-2H3/i4D. The minimum absolute atomic E-state index is 0.136. The van der Waals surface area contributed by atoms with Gasteiger partial charge < -0.3 is 4.42 Å². The third-order valence-electron chi connectivity index (χ3n) is 1.76. The first-order chi connectivity index (χ1) is 6.18. The summed E-state index contributed by atoms with van der Waals surface area (Å²) in [5, 5.41) is 0. The minimum atomic E-state index is 0.136. The second-order valence-electron chi connectivity index (χ2n) is 2.99. The third-order valence-corrected chi connectivity index (χ3v) is 1.76. The van der Waals surface area contributed by atoms with Crippen LogP contribution in [0.2, 0.25) is 0 Å². The lowest BCUT2D eigenvalue weighted by molar-refractivity contribution is 0.602. The second kappa shape index (κ2) is 2.59. The molecule has 0 spiro atoms. The Hall–Kier alpha value is -1.38. The van der Waals surface area contributed by atoms with Crippen molar-refractivity contribution in [2.45, 2.75) is 19.8 Å². The number of fused-ring (bicyclic) bond motifs is 1. The lowest BCUT2D eigenvalue weighted by Gasteiger charge is -2.02. The van der Waals surface area contributed by atoms with Gasteiger partial charge in [-0.3, -0.25) is 0 Å². The van der Waals surface area contributed by atoms with Crippen molar-refractivity contribution in [3.8, 4) is 0 Å². The zero-order chi connectivity index (χ0) is 9.42. The van der Waals surface area contributed by atoms with Gasteiger partial charge in [-0.2, -0.15) is 0 Å². The van der Waals surface area contributed by atoms with Crippen LogP contribution in [-0.4, -0.2) is 9.97 Å². The van der Waals surface area contributed by atoms with Crippen LogP contribution in [0.4, 0.5) is 0 Å². The van der Waals surface area contributed by atoms with Gasteiger partial charge in [0, 0.05) is 6.07 Å². The van der Waals surface area contributed by atoms with Crippen molar-refractivity contribution in [2.75, 3.05) is 0 Å². The summed E-state index contributed by atoms with van der Waals surface area (Å²) in [5.41, 5.74) is 2.22. The van der Waals surface area contributed by atoms with E-state index in [1.165, 1.54) is 6.33 Å². The fourth-order valence-corrected chi connectivity index (χ4v) is 1.16. The second-order valence-corrected chi connectivity index (χ2v) is 2.99. The Balaban J connectivity index is 2.75. The Kier molecular flexibility index (Phi) is 1.33. The van der Waals surface area contributed by atoms with E-state index in [0.29, 0.717) is 11.1 Å². The molecule has 0 bridgehead atoms. The lowest BCUT2D eigenvalue weighted by Crippen LogP contribution is -1.93. The predicted molar refractivity (Wildman–Crippen MR) is 45.9 cm³/mol. The molecule has 0 aromatic carbocycles. The summed E-state index contributed by atoms with van der Waals surface area (Å²) < 4.78 is 12.5. The van der Waals surface area contributed by atoms with E-state index >= 15 is 0 Å². The average molecular weight is 163 g/mol. The highest BCUT2D eigenvalue weighted by Gasteiger charge is 2.09. The molecule has 0 unspecified atom stereocenters. The molecule has 0 N–H and O–H groups in total. The van der Waals surface area contributed by atoms with Gasteiger partial charge in [-0.15, -0.1) is 0 Å². The highest BCUT2D eigenvalue weighted by molar-refractivity contribution is 5.74. The summed E-state index contributed by atoms with van der Waals surface area (Å²) in [6, 6.07) is 1.60. The molecule has 0 aliphatic heterocycles. The molecule has 0 aliphatic rings. The van der Waals surface area contributed by atoms with Crippen molar-refractivity contribution in [1.82, 2.24) is 9.97 Å². The molecule has 62 valence electrons. The van der Waals surface area contributed by atoms with Crippen molar-refractivity contribution >= 4 is 11.1 Å². The van der Waals surface area contributed by atoms with Crippen LogP contribution in [0.25, 0.3) is 11.1 Å². The molecule has 2 aromatic rings. The highest BCUT2D eigenvalue weighted by Crippen LogP contribution is 2.21. The summed E-state index contributed by atoms with van der Waals surface area (Å²) in [7, 11) is 0. The highest BCUT2D eigenvalue weighted by atomic mass is 16.3. The van der Waals surface area contributed by atoms with Gasteiger partial charge in [0.15, 0.2) is 5.58 Å². The maximum Gasteiger partial charge on any atom is 0.174 e. The van der Waals surface area contributed by atoms with E-state index in [2.05, 4.69) is 9.97 Å². The predicted octanol–water partition coefficient (Wildman–Crippen LogP) is 2.35. The molecule has 0 amide bonds. The number of furan rings is 1. The van der Waals surface area contributed by atoms with Crippen molar-refractivity contribution in [2.24, 2.45) is 0 Å². The summed E-state index contributed by atoms with van der Waals surface area (Å²) in [4.78, 5) is 8.15. The first-order valence-electron chi connectivity index (χ1n) is 4.39. The maximum atomic E-state index is 7.33. The van der Waals surface area contributed by atoms with Crippen LogP contribution in [0.15, 0.2) is 23.1 Å². The zero-order valence-corrected chi connectivity index (χ0v) is 7.03. The van der Waals surface area contributed by atoms with Gasteiger partial charge in [0.1, 0.15) is 13.2 Å². The Morgan fingerprint density at radius 2 is 2.33 bits per heavy atom. The molecule has 0 saturated carbocycles. The minimum Gasteiger partial charge on any atom is -0.461 e. The average Bonchev–Trinajstić information content (AvgIpc) is 2.43. The van der Waals surface area contributed by atoms with Crippen molar-refractivity contribution in [1.29, 1.82) is 0 Å². The fourth-order valence-electron chi connectivity index (χ4n) is 1.16. The van der Waals surface area contributed by atoms with Crippen LogP contribution < -0.4 is 0 Å². The van der Waals surface area contributed by atoms with E-state index in [9.17, 15) is 0 Å². The van der Waals surface area contributed by atoms with Gasteiger partial charge in [-0.05, 0) is 5.92 Å². The number of rotatable bonds is 1. The molecule has 12 heavy (non-hydrogen) atoms. The molecule has 2 rings (SSSR count). The van der Waals surface area contributed by atoms with Gasteiger partial charge >= 0.3 is 0 Å². The SMILES string of the molecule is [2H]c1cc2ncnc(C(C)C)c2o1. The topological polar surface area (TPSA) is 38.9 Å². The van der Waals surface area contributed by atoms with Crippen LogP contribution in [0.5, 0.6) is 0 Å². The van der Waals surface area contributed by atoms with Crippen molar-refractivity contribution in [3.05, 3.63) is 24.3 Å². The van der Waals surface area contributed by atoms with Crippen LogP contribution in [0.1, 0.15) is 26.8 Å². The molecular weight excluding hydrogens is 152 g/mol. The van der Waals surface area contributed by atoms with Crippen molar-refractivity contribution in [3.63, 3.8) is 0 Å². The van der Waals surface area contributed by atoms with Crippen LogP contribution in [0.3, 0.4) is 0 Å². The first-order valence-corrected chi connectivity index (χ1v) is 3.89. The summed E-state index contributed by atoms with van der Waals surface area (Å²) >= 11 is 0. The molecule has 0 atom stereocenters. The van der Waals surface area contributed by atoms with Gasteiger partial charge in [0.25, 0.3) is 0 Å². The number of hydrogen-bond acceptors (Lipinski definition) is 3. The van der Waals surface area contributed by atoms with Crippen LogP contribution >= 0.6 is 0 Å².